The van der Waals surface area contributed by atoms with Crippen molar-refractivity contribution in [1.29, 1.82) is 0 Å². The van der Waals surface area contributed by atoms with Crippen molar-refractivity contribution in [1.82, 2.24) is 10.2 Å². The molecule has 4 heteroatoms. The Hall–Kier alpha value is -1.39. The Morgan fingerprint density at radius 1 is 1.29 bits per heavy atom. The lowest BCUT2D eigenvalue weighted by Crippen LogP contribution is -2.55. The van der Waals surface area contributed by atoms with E-state index in [0.717, 1.165) is 25.9 Å². The number of nitrogens with two attached hydrogens (primary N) is 1. The number of likely N-dealkylation sites (tertiary alicyclic amines) is 1. The standard InChI is InChI=1S/C17H25N3O/c1-12(18)17(13-5-3-2-4-6-13)20-10-9-15-14(11-20)7-8-16(21)19-15/h2-6,12,14-15,17H,7-11,18H2,1H3,(H,19,21). The average molecular weight is 287 g/mol. The van der Waals surface area contributed by atoms with Crippen molar-refractivity contribution in [2.75, 3.05) is 13.1 Å². The summed E-state index contributed by atoms with van der Waals surface area (Å²) >= 11 is 0. The van der Waals surface area contributed by atoms with Crippen LogP contribution in [0.4, 0.5) is 0 Å². The molecule has 2 aliphatic rings. The van der Waals surface area contributed by atoms with Gasteiger partial charge in [-0.2, -0.15) is 0 Å². The molecule has 4 nitrogen and oxygen atoms in total. The normalized spacial score (nSPS) is 29.3. The minimum Gasteiger partial charge on any atom is -0.353 e. The predicted octanol–water partition coefficient (Wildman–Crippen LogP) is 1.68. The Kier molecular flexibility index (Phi) is 4.27. The van der Waals surface area contributed by atoms with Crippen LogP contribution in [0.15, 0.2) is 30.3 Å². The smallest absolute Gasteiger partial charge is 0.220 e. The summed E-state index contributed by atoms with van der Waals surface area (Å²) in [6.07, 6.45) is 2.71. The van der Waals surface area contributed by atoms with Crippen molar-refractivity contribution in [3.05, 3.63) is 35.9 Å². The van der Waals surface area contributed by atoms with Crippen molar-refractivity contribution in [3.63, 3.8) is 0 Å². The van der Waals surface area contributed by atoms with Crippen LogP contribution in [0.1, 0.15) is 37.8 Å². The molecule has 21 heavy (non-hydrogen) atoms. The fraction of sp³-hybridized carbons (Fsp3) is 0.588. The van der Waals surface area contributed by atoms with Gasteiger partial charge in [0, 0.05) is 37.6 Å². The van der Waals surface area contributed by atoms with Gasteiger partial charge in [0.2, 0.25) is 5.91 Å². The highest BCUT2D eigenvalue weighted by Crippen LogP contribution is 2.32. The minimum absolute atomic E-state index is 0.0992. The molecule has 2 aliphatic heterocycles. The fourth-order valence-electron chi connectivity index (χ4n) is 3.89. The molecule has 0 radical (unpaired) electrons. The van der Waals surface area contributed by atoms with E-state index in [4.69, 9.17) is 5.73 Å². The molecule has 114 valence electrons. The minimum atomic E-state index is 0.0992. The summed E-state index contributed by atoms with van der Waals surface area (Å²) in [6.45, 7) is 4.13. The Balaban J connectivity index is 1.75. The van der Waals surface area contributed by atoms with E-state index in [1.807, 2.05) is 6.07 Å². The molecule has 3 rings (SSSR count). The number of nitrogens with one attached hydrogen (secondary N) is 1. The third-order valence-corrected chi connectivity index (χ3v) is 4.89. The van der Waals surface area contributed by atoms with Crippen molar-refractivity contribution >= 4 is 5.91 Å². The summed E-state index contributed by atoms with van der Waals surface area (Å²) in [6, 6.07) is 11.3. The topological polar surface area (TPSA) is 58.4 Å². The molecule has 0 aromatic heterocycles. The van der Waals surface area contributed by atoms with E-state index >= 15 is 0 Å². The Morgan fingerprint density at radius 3 is 2.76 bits per heavy atom. The number of hydrogen-bond donors (Lipinski definition) is 2. The summed E-state index contributed by atoms with van der Waals surface area (Å²) < 4.78 is 0. The third kappa shape index (κ3) is 3.11. The van der Waals surface area contributed by atoms with E-state index in [1.165, 1.54) is 5.56 Å². The van der Waals surface area contributed by atoms with Gasteiger partial charge < -0.3 is 11.1 Å². The molecule has 4 atom stereocenters. The van der Waals surface area contributed by atoms with Crippen LogP contribution in [0, 0.1) is 5.92 Å². The van der Waals surface area contributed by atoms with E-state index in [-0.39, 0.29) is 18.0 Å². The Morgan fingerprint density at radius 2 is 2.05 bits per heavy atom. The van der Waals surface area contributed by atoms with Crippen LogP contribution in [-0.4, -0.2) is 36.0 Å². The number of carbonyl (C=O) groups is 1. The highest BCUT2D eigenvalue weighted by Gasteiger charge is 2.37. The Labute approximate surface area is 126 Å². The van der Waals surface area contributed by atoms with Gasteiger partial charge >= 0.3 is 0 Å². The maximum absolute atomic E-state index is 11.5. The molecule has 2 heterocycles. The van der Waals surface area contributed by atoms with Crippen LogP contribution in [0.3, 0.4) is 0 Å². The predicted molar refractivity (Wildman–Crippen MR) is 83.7 cm³/mol. The number of rotatable bonds is 3. The molecule has 0 aliphatic carbocycles. The number of piperidine rings is 2. The van der Waals surface area contributed by atoms with Gasteiger partial charge in [0.1, 0.15) is 0 Å². The second-order valence-corrected chi connectivity index (χ2v) is 6.47. The molecule has 2 saturated heterocycles. The average Bonchev–Trinajstić information content (AvgIpc) is 2.48. The van der Waals surface area contributed by atoms with Gasteiger partial charge in [-0.25, -0.2) is 0 Å². The number of amides is 1. The van der Waals surface area contributed by atoms with E-state index in [9.17, 15) is 4.79 Å². The molecule has 0 saturated carbocycles. The molecule has 1 amide bonds. The summed E-state index contributed by atoms with van der Waals surface area (Å²) in [5, 5.41) is 3.15. The van der Waals surface area contributed by atoms with E-state index < -0.39 is 0 Å². The van der Waals surface area contributed by atoms with E-state index in [1.54, 1.807) is 0 Å². The quantitative estimate of drug-likeness (QED) is 0.889. The molecule has 2 fully saturated rings. The molecular formula is C17H25N3O. The van der Waals surface area contributed by atoms with Crippen LogP contribution in [0.5, 0.6) is 0 Å². The number of fused-ring (bicyclic) bond motifs is 1. The lowest BCUT2D eigenvalue weighted by molar-refractivity contribution is -0.125. The zero-order chi connectivity index (χ0) is 14.8. The highest BCUT2D eigenvalue weighted by molar-refractivity contribution is 5.77. The van der Waals surface area contributed by atoms with Crippen LogP contribution >= 0.6 is 0 Å². The van der Waals surface area contributed by atoms with Gasteiger partial charge in [0.15, 0.2) is 0 Å². The van der Waals surface area contributed by atoms with Crippen molar-refractivity contribution in [2.24, 2.45) is 11.7 Å². The van der Waals surface area contributed by atoms with E-state index in [2.05, 4.69) is 41.4 Å². The van der Waals surface area contributed by atoms with E-state index in [0.29, 0.717) is 18.4 Å². The van der Waals surface area contributed by atoms with Gasteiger partial charge in [0.25, 0.3) is 0 Å². The number of hydrogen-bond acceptors (Lipinski definition) is 3. The van der Waals surface area contributed by atoms with Gasteiger partial charge in [-0.1, -0.05) is 30.3 Å². The summed E-state index contributed by atoms with van der Waals surface area (Å²) in [7, 11) is 0. The summed E-state index contributed by atoms with van der Waals surface area (Å²) in [5.41, 5.74) is 7.58. The monoisotopic (exact) mass is 287 g/mol. The van der Waals surface area contributed by atoms with Crippen LogP contribution in [0.25, 0.3) is 0 Å². The maximum Gasteiger partial charge on any atom is 0.220 e. The first-order valence-electron chi connectivity index (χ1n) is 7.99. The zero-order valence-electron chi connectivity index (χ0n) is 12.7. The first-order chi connectivity index (χ1) is 10.1. The second kappa shape index (κ2) is 6.16. The second-order valence-electron chi connectivity index (χ2n) is 6.47. The Bertz CT molecular complexity index is 488. The maximum atomic E-state index is 11.5. The first-order valence-corrected chi connectivity index (χ1v) is 7.99. The van der Waals surface area contributed by atoms with Crippen molar-refractivity contribution in [3.8, 4) is 0 Å². The summed E-state index contributed by atoms with van der Waals surface area (Å²) in [5.74, 6) is 0.790. The molecule has 1 aromatic carbocycles. The molecule has 0 spiro atoms. The lowest BCUT2D eigenvalue weighted by atomic mass is 9.83. The number of benzene rings is 1. The zero-order valence-corrected chi connectivity index (χ0v) is 12.7. The van der Waals surface area contributed by atoms with Gasteiger partial charge in [-0.3, -0.25) is 9.69 Å². The van der Waals surface area contributed by atoms with Gasteiger partial charge in [-0.15, -0.1) is 0 Å². The lowest BCUT2D eigenvalue weighted by Gasteiger charge is -2.45. The third-order valence-electron chi connectivity index (χ3n) is 4.89. The van der Waals surface area contributed by atoms with Crippen LogP contribution < -0.4 is 11.1 Å². The number of carbonyl (C=O) groups excluding carboxylic acids is 1. The number of nitrogens with zero attached hydrogens (tertiary/aromatic N) is 1. The summed E-state index contributed by atoms with van der Waals surface area (Å²) in [4.78, 5) is 14.0. The highest BCUT2D eigenvalue weighted by atomic mass is 16.1. The van der Waals surface area contributed by atoms with Crippen molar-refractivity contribution < 1.29 is 4.79 Å². The van der Waals surface area contributed by atoms with Gasteiger partial charge in [-0.05, 0) is 31.2 Å². The van der Waals surface area contributed by atoms with Crippen LogP contribution in [-0.2, 0) is 4.79 Å². The van der Waals surface area contributed by atoms with Crippen LogP contribution in [0.2, 0.25) is 0 Å². The van der Waals surface area contributed by atoms with Gasteiger partial charge in [0.05, 0.1) is 0 Å². The SMILES string of the molecule is CC(N)C(c1ccccc1)N1CCC2NC(=O)CCC2C1. The molecule has 1 aromatic rings. The fourth-order valence-corrected chi connectivity index (χ4v) is 3.89. The largest absolute Gasteiger partial charge is 0.353 e. The molecule has 3 N–H and O–H groups in total. The molecular weight excluding hydrogens is 262 g/mol. The molecule has 0 bridgehead atoms. The first kappa shape index (κ1) is 14.5. The van der Waals surface area contributed by atoms with Crippen molar-refractivity contribution in [2.45, 2.75) is 44.3 Å². The molecule has 4 unspecified atom stereocenters.